The Morgan fingerprint density at radius 1 is 1.05 bits per heavy atom. The summed E-state index contributed by atoms with van der Waals surface area (Å²) in [5.41, 5.74) is 1.85. The Bertz CT molecular complexity index is 1240. The lowest BCUT2D eigenvalue weighted by atomic mass is 10.0. The van der Waals surface area contributed by atoms with Crippen molar-refractivity contribution in [3.8, 4) is 11.5 Å². The smallest absolute Gasteiger partial charge is 0.239 e. The molecule has 1 fully saturated rings. The van der Waals surface area contributed by atoms with Crippen molar-refractivity contribution in [1.29, 1.82) is 0 Å². The molecule has 3 heterocycles. The second-order valence-corrected chi connectivity index (χ2v) is 12.1. The highest BCUT2D eigenvalue weighted by Crippen LogP contribution is 2.25. The van der Waals surface area contributed by atoms with Crippen LogP contribution in [0, 0.1) is 0 Å². The molecule has 0 spiro atoms. The van der Waals surface area contributed by atoms with Gasteiger partial charge in [-0.25, -0.2) is 8.42 Å². The van der Waals surface area contributed by atoms with E-state index < -0.39 is 28.1 Å². The van der Waals surface area contributed by atoms with Gasteiger partial charge in [-0.05, 0) is 61.6 Å². The van der Waals surface area contributed by atoms with Gasteiger partial charge in [0.05, 0.1) is 31.1 Å². The molecule has 5 rings (SSSR count). The molecule has 212 valence electrons. The third kappa shape index (κ3) is 8.01. The maximum atomic E-state index is 13.2. The quantitative estimate of drug-likeness (QED) is 0.575. The predicted molar refractivity (Wildman–Crippen MR) is 146 cm³/mol. The van der Waals surface area contributed by atoms with E-state index in [4.69, 9.17) is 9.47 Å². The Morgan fingerprint density at radius 3 is 2.59 bits per heavy atom. The number of fused-ring (bicyclic) bond motifs is 9. The van der Waals surface area contributed by atoms with Crippen LogP contribution in [-0.4, -0.2) is 85.2 Å². The maximum absolute atomic E-state index is 13.2. The number of aliphatic hydroxyl groups is 1. The lowest BCUT2D eigenvalue weighted by Gasteiger charge is -2.38. The second kappa shape index (κ2) is 13.4. The zero-order chi connectivity index (χ0) is 27.8. The highest BCUT2D eigenvalue weighted by molar-refractivity contribution is 7.89. The molecule has 39 heavy (non-hydrogen) atoms. The van der Waals surface area contributed by atoms with E-state index in [1.165, 1.54) is 9.21 Å². The molecule has 2 aromatic rings. The first-order valence-electron chi connectivity index (χ1n) is 13.4. The first-order valence-corrected chi connectivity index (χ1v) is 15.0. The molecular weight excluding hydrogens is 522 g/mol. The number of nitrogens with zero attached hydrogens (tertiary/aromatic N) is 2. The van der Waals surface area contributed by atoms with Gasteiger partial charge in [-0.2, -0.15) is 4.31 Å². The molecule has 0 unspecified atom stereocenters. The topological polar surface area (TPSA) is 125 Å². The average Bonchev–Trinajstić information content (AvgIpc) is 2.93. The molecular formula is C28H37N3O7S. The fourth-order valence-corrected chi connectivity index (χ4v) is 5.96. The molecule has 4 bridgehead atoms. The average molecular weight is 560 g/mol. The Balaban J connectivity index is 1.59. The highest BCUT2D eigenvalue weighted by atomic mass is 32.2. The highest BCUT2D eigenvalue weighted by Gasteiger charge is 2.36. The van der Waals surface area contributed by atoms with Gasteiger partial charge in [0.1, 0.15) is 11.5 Å². The molecule has 3 aliphatic heterocycles. The van der Waals surface area contributed by atoms with Crippen molar-refractivity contribution in [3.05, 3.63) is 59.7 Å². The summed E-state index contributed by atoms with van der Waals surface area (Å²) in [4.78, 5) is 27.6. The van der Waals surface area contributed by atoms with Crippen molar-refractivity contribution in [2.24, 2.45) is 0 Å². The van der Waals surface area contributed by atoms with Crippen molar-refractivity contribution in [2.75, 3.05) is 38.5 Å². The van der Waals surface area contributed by atoms with Crippen LogP contribution in [0.5, 0.6) is 11.5 Å². The first-order chi connectivity index (χ1) is 18.8. The van der Waals surface area contributed by atoms with Crippen molar-refractivity contribution in [3.63, 3.8) is 0 Å². The van der Waals surface area contributed by atoms with E-state index in [0.29, 0.717) is 37.3 Å². The zero-order valence-corrected chi connectivity index (χ0v) is 23.1. The Kier molecular flexibility index (Phi) is 9.95. The van der Waals surface area contributed by atoms with Gasteiger partial charge in [0.2, 0.25) is 21.8 Å². The molecule has 0 radical (unpaired) electrons. The number of aliphatic hydroxyl groups excluding tert-OH is 1. The van der Waals surface area contributed by atoms with E-state index in [0.717, 1.165) is 11.1 Å². The number of carbonyl (C=O) groups is 2. The molecule has 2 amide bonds. The summed E-state index contributed by atoms with van der Waals surface area (Å²) in [7, 11) is -3.45. The minimum atomic E-state index is -3.45. The van der Waals surface area contributed by atoms with Crippen LogP contribution in [0.25, 0.3) is 0 Å². The van der Waals surface area contributed by atoms with E-state index in [-0.39, 0.29) is 50.9 Å². The van der Waals surface area contributed by atoms with Crippen LogP contribution in [0.2, 0.25) is 0 Å². The largest absolute Gasteiger partial charge is 0.457 e. The van der Waals surface area contributed by atoms with Crippen molar-refractivity contribution < 1.29 is 32.6 Å². The Hall–Kier alpha value is -2.99. The number of aryl methyl sites for hydroxylation is 1. The van der Waals surface area contributed by atoms with Crippen molar-refractivity contribution >= 4 is 21.8 Å². The summed E-state index contributed by atoms with van der Waals surface area (Å²) in [5, 5.41) is 12.3. The number of amides is 2. The van der Waals surface area contributed by atoms with E-state index >= 15 is 0 Å². The molecule has 0 aliphatic carbocycles. The maximum Gasteiger partial charge on any atom is 0.239 e. The number of sulfonamides is 1. The van der Waals surface area contributed by atoms with Crippen molar-refractivity contribution in [2.45, 2.75) is 51.4 Å². The third-order valence-corrected chi connectivity index (χ3v) is 8.89. The van der Waals surface area contributed by atoms with Gasteiger partial charge in [0, 0.05) is 32.7 Å². The Morgan fingerprint density at radius 2 is 1.85 bits per heavy atom. The molecule has 11 heteroatoms. The van der Waals surface area contributed by atoms with Gasteiger partial charge in [0.25, 0.3) is 0 Å². The lowest BCUT2D eigenvalue weighted by molar-refractivity contribution is -0.137. The van der Waals surface area contributed by atoms with Crippen LogP contribution in [0.3, 0.4) is 0 Å². The lowest BCUT2D eigenvalue weighted by Crippen LogP contribution is -2.58. The second-order valence-electron chi connectivity index (χ2n) is 9.86. The van der Waals surface area contributed by atoms with Gasteiger partial charge >= 0.3 is 0 Å². The number of ether oxygens (including phenoxy) is 2. The minimum Gasteiger partial charge on any atom is -0.457 e. The van der Waals surface area contributed by atoms with E-state index in [2.05, 4.69) is 5.32 Å². The number of rotatable bonds is 5. The summed E-state index contributed by atoms with van der Waals surface area (Å²) in [6.07, 6.45) is 1.05. The molecule has 10 nitrogen and oxygen atoms in total. The number of carbonyl (C=O) groups excluding carboxylic acids is 2. The molecule has 3 aliphatic rings. The molecule has 2 N–H and O–H groups in total. The fraction of sp³-hybridized carbons (Fsp3) is 0.500. The standard InChI is InChI=1S/C28H37N3O7S/c1-2-39(35,36)31-15-13-26-25(18-31)29-27(33)19-30(14-4-16-32)28(34)12-9-21-7-10-23(11-8-21)38-24-6-3-5-22(17-24)20-37-26/h3,5-8,10-11,17,25-26,32H,2,4,9,12-16,18-20H2,1H3,(H,29,33)/t25-,26-/m0/s1. The summed E-state index contributed by atoms with van der Waals surface area (Å²) in [5.74, 6) is 0.708. The van der Waals surface area contributed by atoms with Crippen LogP contribution in [0.1, 0.15) is 37.3 Å². The van der Waals surface area contributed by atoms with Crippen LogP contribution < -0.4 is 10.1 Å². The number of hydrogen-bond acceptors (Lipinski definition) is 7. The number of nitrogens with one attached hydrogen (secondary N) is 1. The van der Waals surface area contributed by atoms with Crippen LogP contribution in [-0.2, 0) is 37.4 Å². The molecule has 0 saturated carbocycles. The van der Waals surface area contributed by atoms with Crippen molar-refractivity contribution in [1.82, 2.24) is 14.5 Å². The monoisotopic (exact) mass is 559 g/mol. The molecule has 1 saturated heterocycles. The third-order valence-electron chi connectivity index (χ3n) is 7.04. The predicted octanol–water partition coefficient (Wildman–Crippen LogP) is 2.06. The van der Waals surface area contributed by atoms with Gasteiger partial charge in [-0.1, -0.05) is 24.3 Å². The number of hydrogen-bond donors (Lipinski definition) is 2. The molecule has 2 atom stereocenters. The summed E-state index contributed by atoms with van der Waals surface area (Å²) in [6.45, 7) is 2.20. The zero-order valence-electron chi connectivity index (χ0n) is 22.3. The van der Waals surface area contributed by atoms with Gasteiger partial charge < -0.3 is 24.8 Å². The van der Waals surface area contributed by atoms with E-state index in [9.17, 15) is 23.1 Å². The Labute approximate surface area is 229 Å². The summed E-state index contributed by atoms with van der Waals surface area (Å²) < 4.78 is 38.8. The van der Waals surface area contributed by atoms with Crippen LogP contribution in [0.4, 0.5) is 0 Å². The van der Waals surface area contributed by atoms with E-state index in [1.807, 2.05) is 48.5 Å². The van der Waals surface area contributed by atoms with Crippen LogP contribution in [0.15, 0.2) is 48.5 Å². The summed E-state index contributed by atoms with van der Waals surface area (Å²) in [6, 6.07) is 14.5. The fourth-order valence-electron chi connectivity index (χ4n) is 4.82. The van der Waals surface area contributed by atoms with Gasteiger partial charge in [-0.15, -0.1) is 0 Å². The van der Waals surface area contributed by atoms with Gasteiger partial charge in [-0.3, -0.25) is 9.59 Å². The SMILES string of the molecule is CCS(=O)(=O)N1CC[C@@H]2OCc3cccc(c3)Oc3ccc(cc3)CCC(=O)N(CCCO)CC(=O)N[C@H]2C1. The number of benzene rings is 2. The van der Waals surface area contributed by atoms with Gasteiger partial charge in [0.15, 0.2) is 0 Å². The minimum absolute atomic E-state index is 0.0306. The van der Waals surface area contributed by atoms with Crippen LogP contribution >= 0.6 is 0 Å². The number of piperidine rings is 1. The normalized spacial score (nSPS) is 21.7. The van der Waals surface area contributed by atoms with E-state index in [1.54, 1.807) is 6.92 Å². The summed E-state index contributed by atoms with van der Waals surface area (Å²) >= 11 is 0. The first kappa shape index (κ1) is 29.0. The molecule has 2 aromatic carbocycles. The molecule has 0 aromatic heterocycles.